The van der Waals surface area contributed by atoms with Gasteiger partial charge in [-0.2, -0.15) is 0 Å². The second-order valence-electron chi connectivity index (χ2n) is 11.1. The quantitative estimate of drug-likeness (QED) is 0.0879. The molecule has 0 saturated carbocycles. The van der Waals surface area contributed by atoms with Gasteiger partial charge in [-0.3, -0.25) is 4.79 Å². The summed E-state index contributed by atoms with van der Waals surface area (Å²) in [5.41, 5.74) is 0. The summed E-state index contributed by atoms with van der Waals surface area (Å²) < 4.78 is 5.10. The largest absolute Gasteiger partial charge is 0.463 e. The molecule has 3 nitrogen and oxygen atoms in total. The minimum atomic E-state index is -0.0362. The number of rotatable bonds is 27. The molecule has 0 bridgehead atoms. The van der Waals surface area contributed by atoms with Gasteiger partial charge in [0.25, 0.3) is 0 Å². The summed E-state index contributed by atoms with van der Waals surface area (Å²) in [6, 6.07) is 0. The third-order valence-corrected chi connectivity index (χ3v) is 6.86. The average molecular weight is 513 g/mol. The van der Waals surface area contributed by atoms with Gasteiger partial charge in [0.15, 0.2) is 0 Å². The summed E-state index contributed by atoms with van der Waals surface area (Å²) in [5, 5.41) is 8.64. The number of hydrogen-bond donors (Lipinski definition) is 1. The molecule has 0 amide bonds. The van der Waals surface area contributed by atoms with Crippen LogP contribution in [0, 0.1) is 0 Å². The zero-order chi connectivity index (χ0) is 27.0. The first-order valence-electron chi connectivity index (χ1n) is 16.4. The molecule has 0 atom stereocenters. The van der Waals surface area contributed by atoms with E-state index in [4.69, 9.17) is 9.84 Å². The second kappa shape index (κ2) is 34.4. The van der Waals surface area contributed by atoms with Gasteiger partial charge in [0.1, 0.15) is 0 Å². The van der Waals surface area contributed by atoms with E-state index in [1.165, 1.54) is 148 Å². The lowest BCUT2D eigenvalue weighted by Gasteiger charge is -2.07. The molecule has 36 heavy (non-hydrogen) atoms. The number of ether oxygens (including phenoxy) is 1. The molecule has 0 aliphatic heterocycles. The molecule has 0 unspecified atom stereocenters. The van der Waals surface area contributed by atoms with Crippen molar-refractivity contribution < 1.29 is 14.6 Å². The van der Waals surface area contributed by atoms with Gasteiger partial charge in [0.2, 0.25) is 0 Å². The van der Waals surface area contributed by atoms with E-state index >= 15 is 0 Å². The van der Waals surface area contributed by atoms with Gasteiger partial charge in [-0.15, -0.1) is 0 Å². The molecular weight excluding hydrogens is 444 g/mol. The first kappa shape index (κ1) is 37.6. The fraction of sp³-hybridized carbons (Fsp3) is 0.970. The zero-order valence-corrected chi connectivity index (χ0v) is 25.4. The van der Waals surface area contributed by atoms with Gasteiger partial charge in [-0.25, -0.2) is 0 Å². The Kier molecular flexibility index (Phi) is 35.9. The molecule has 0 aromatic carbocycles. The lowest BCUT2D eigenvalue weighted by atomic mass is 10.0. The van der Waals surface area contributed by atoms with E-state index in [2.05, 4.69) is 13.8 Å². The monoisotopic (exact) mass is 513 g/mol. The summed E-state index contributed by atoms with van der Waals surface area (Å²) in [7, 11) is 0. The van der Waals surface area contributed by atoms with Crippen LogP contribution in [0.4, 0.5) is 0 Å². The smallest absolute Gasteiger partial charge is 0.306 e. The zero-order valence-electron chi connectivity index (χ0n) is 25.4. The Labute approximate surface area is 227 Å². The van der Waals surface area contributed by atoms with Crippen LogP contribution in [0.3, 0.4) is 0 Å². The molecule has 0 saturated heterocycles. The standard InChI is InChI=1S/C17H34O2.C16H34O/c1-4-5-6-7-8-9-10-11-12-13-14-15-17(18)19-16(2)3;1-2-3-4-5-6-7-8-9-10-11-12-13-14-15-16-17/h16H,4-15H2,1-3H3;17H,2-16H2,1H3. The summed E-state index contributed by atoms with van der Waals surface area (Å²) >= 11 is 0. The molecule has 218 valence electrons. The Morgan fingerprint density at radius 2 is 0.778 bits per heavy atom. The molecule has 0 radical (unpaired) electrons. The van der Waals surface area contributed by atoms with E-state index < -0.39 is 0 Å². The fourth-order valence-electron chi connectivity index (χ4n) is 4.56. The SMILES string of the molecule is CCCCCCCCCCCCCC(=O)OC(C)C.CCCCCCCCCCCCCCCCO. The van der Waals surface area contributed by atoms with Crippen molar-refractivity contribution >= 4 is 5.97 Å². The van der Waals surface area contributed by atoms with E-state index in [1.807, 2.05) is 13.8 Å². The lowest BCUT2D eigenvalue weighted by Crippen LogP contribution is -2.10. The third-order valence-electron chi connectivity index (χ3n) is 6.86. The average Bonchev–Trinajstić information content (AvgIpc) is 2.85. The maximum absolute atomic E-state index is 11.3. The molecule has 0 rings (SSSR count). The minimum absolute atomic E-state index is 0.0280. The van der Waals surface area contributed by atoms with Crippen LogP contribution in [0.25, 0.3) is 0 Å². The molecule has 0 aromatic rings. The Morgan fingerprint density at radius 3 is 1.06 bits per heavy atom. The van der Waals surface area contributed by atoms with Gasteiger partial charge in [0, 0.05) is 13.0 Å². The highest BCUT2D eigenvalue weighted by molar-refractivity contribution is 5.69. The Hall–Kier alpha value is -0.570. The van der Waals surface area contributed by atoms with Gasteiger partial charge in [-0.1, -0.05) is 162 Å². The molecule has 0 heterocycles. The molecule has 3 heteroatoms. The highest BCUT2D eigenvalue weighted by Crippen LogP contribution is 2.13. The molecule has 0 aromatic heterocycles. The lowest BCUT2D eigenvalue weighted by molar-refractivity contribution is -0.147. The van der Waals surface area contributed by atoms with Crippen molar-refractivity contribution in [2.75, 3.05) is 6.61 Å². The maximum Gasteiger partial charge on any atom is 0.306 e. The summed E-state index contributed by atoms with van der Waals surface area (Å²) in [4.78, 5) is 11.3. The number of carbonyl (C=O) groups excluding carboxylic acids is 1. The number of carbonyl (C=O) groups is 1. The van der Waals surface area contributed by atoms with Gasteiger partial charge >= 0.3 is 5.97 Å². The topological polar surface area (TPSA) is 46.5 Å². The number of aliphatic hydroxyl groups excluding tert-OH is 1. The van der Waals surface area contributed by atoms with Crippen LogP contribution < -0.4 is 0 Å². The predicted molar refractivity (Wildman–Crippen MR) is 160 cm³/mol. The van der Waals surface area contributed by atoms with Crippen LogP contribution >= 0.6 is 0 Å². The molecular formula is C33H68O3. The highest BCUT2D eigenvalue weighted by Gasteiger charge is 2.04. The first-order valence-corrected chi connectivity index (χ1v) is 16.4. The number of hydrogen-bond acceptors (Lipinski definition) is 3. The van der Waals surface area contributed by atoms with Crippen LogP contribution in [0.2, 0.25) is 0 Å². The van der Waals surface area contributed by atoms with Crippen LogP contribution in [0.1, 0.15) is 195 Å². The van der Waals surface area contributed by atoms with Crippen molar-refractivity contribution in [1.29, 1.82) is 0 Å². The van der Waals surface area contributed by atoms with Gasteiger partial charge in [0.05, 0.1) is 6.10 Å². The first-order chi connectivity index (χ1) is 17.6. The third kappa shape index (κ3) is 38.0. The van der Waals surface area contributed by atoms with Crippen LogP contribution in [-0.4, -0.2) is 23.8 Å². The number of unbranched alkanes of at least 4 members (excludes halogenated alkanes) is 23. The van der Waals surface area contributed by atoms with Crippen molar-refractivity contribution in [3.05, 3.63) is 0 Å². The summed E-state index contributed by atoms with van der Waals surface area (Å²) in [6.07, 6.45) is 34.3. The Balaban J connectivity index is 0. The fourth-order valence-corrected chi connectivity index (χ4v) is 4.56. The van der Waals surface area contributed by atoms with Gasteiger partial charge in [-0.05, 0) is 26.7 Å². The minimum Gasteiger partial charge on any atom is -0.463 e. The number of aliphatic hydroxyl groups is 1. The van der Waals surface area contributed by atoms with Crippen LogP contribution in [0.15, 0.2) is 0 Å². The predicted octanol–water partition coefficient (Wildman–Crippen LogP) is 11.1. The molecule has 1 N–H and O–H groups in total. The van der Waals surface area contributed by atoms with Crippen molar-refractivity contribution in [2.45, 2.75) is 201 Å². The molecule has 0 fully saturated rings. The van der Waals surface area contributed by atoms with E-state index in [9.17, 15) is 4.79 Å². The van der Waals surface area contributed by atoms with Crippen LogP contribution in [-0.2, 0) is 9.53 Å². The van der Waals surface area contributed by atoms with E-state index in [-0.39, 0.29) is 12.1 Å². The Morgan fingerprint density at radius 1 is 0.500 bits per heavy atom. The Bertz CT molecular complexity index is 380. The van der Waals surface area contributed by atoms with E-state index in [0.29, 0.717) is 13.0 Å². The van der Waals surface area contributed by atoms with E-state index in [0.717, 1.165) is 12.8 Å². The van der Waals surface area contributed by atoms with Crippen molar-refractivity contribution in [3.63, 3.8) is 0 Å². The summed E-state index contributed by atoms with van der Waals surface area (Å²) in [6.45, 7) is 8.71. The molecule has 0 aliphatic carbocycles. The van der Waals surface area contributed by atoms with Gasteiger partial charge < -0.3 is 9.84 Å². The number of esters is 1. The summed E-state index contributed by atoms with van der Waals surface area (Å²) in [5.74, 6) is -0.0362. The molecule has 0 aliphatic rings. The van der Waals surface area contributed by atoms with E-state index in [1.54, 1.807) is 0 Å². The maximum atomic E-state index is 11.3. The molecule has 0 spiro atoms. The highest BCUT2D eigenvalue weighted by atomic mass is 16.5. The van der Waals surface area contributed by atoms with Crippen molar-refractivity contribution in [1.82, 2.24) is 0 Å². The second-order valence-corrected chi connectivity index (χ2v) is 11.1. The van der Waals surface area contributed by atoms with Crippen LogP contribution in [0.5, 0.6) is 0 Å². The van der Waals surface area contributed by atoms with Crippen molar-refractivity contribution in [2.24, 2.45) is 0 Å². The van der Waals surface area contributed by atoms with Crippen molar-refractivity contribution in [3.8, 4) is 0 Å². The normalized spacial score (nSPS) is 10.9.